The van der Waals surface area contributed by atoms with Crippen molar-refractivity contribution in [2.24, 2.45) is 0 Å². The van der Waals surface area contributed by atoms with E-state index in [0.29, 0.717) is 10.7 Å². The van der Waals surface area contributed by atoms with Gasteiger partial charge in [-0.3, -0.25) is 48.2 Å². The zero-order valence-electron chi connectivity index (χ0n) is 62.8. The number of aliphatic hydroxyl groups is 10. The predicted molar refractivity (Wildman–Crippen MR) is 370 cm³/mol. The highest BCUT2D eigenvalue weighted by atomic mass is 32.2. The number of rotatable bonds is 55. The third kappa shape index (κ3) is 31.5. The molecule has 0 saturated carbocycles. The maximum absolute atomic E-state index is 13.4. The molecule has 50 nitrogen and oxygen atoms in total. The molecule has 0 aromatic rings. The van der Waals surface area contributed by atoms with Gasteiger partial charge in [0.15, 0.2) is 31.5 Å². The Balaban J connectivity index is 1.38. The number of methoxy groups -OCH3 is 2. The Morgan fingerprint density at radius 2 is 0.698 bits per heavy atom. The van der Waals surface area contributed by atoms with Gasteiger partial charge in [-0.2, -0.15) is 11.8 Å². The summed E-state index contributed by atoms with van der Waals surface area (Å²) in [4.78, 5) is 133. The quantitative estimate of drug-likeness (QED) is 0.0199. The minimum absolute atomic E-state index is 0.00790. The molecule has 27 unspecified atom stereocenters. The fraction of sp³-hybridized carbons (Fsp3) is 0.831. The zero-order valence-corrected chi connectivity index (χ0v) is 63.7. The summed E-state index contributed by atoms with van der Waals surface area (Å²) in [5.41, 5.74) is 0. The van der Waals surface area contributed by atoms with Gasteiger partial charge in [0.05, 0.1) is 59.2 Å². The van der Waals surface area contributed by atoms with Crippen LogP contribution < -0.4 is 10.6 Å². The molecule has 5 aliphatic heterocycles. The Labute approximate surface area is 663 Å². The van der Waals surface area contributed by atoms with Crippen molar-refractivity contribution < 1.29 is 225 Å². The molecule has 0 aromatic heterocycles. The molecule has 51 heteroatoms. The Kier molecular flexibility index (Phi) is 43.5. The van der Waals surface area contributed by atoms with Gasteiger partial charge < -0.3 is 183 Å². The number of aliphatic hydroxyl groups excluding tert-OH is 10. The molecule has 5 fully saturated rings. The summed E-state index contributed by atoms with van der Waals surface area (Å²) in [5, 5.41) is 195. The Hall–Kier alpha value is -6.60. The van der Waals surface area contributed by atoms with Gasteiger partial charge in [-0.15, -0.1) is 0 Å². The van der Waals surface area contributed by atoms with Crippen LogP contribution in [0.5, 0.6) is 0 Å². The van der Waals surface area contributed by atoms with Crippen molar-refractivity contribution in [2.75, 3.05) is 138 Å². The van der Waals surface area contributed by atoms with E-state index in [1.165, 1.54) is 18.9 Å². The minimum Gasteiger partial charge on any atom is -0.480 e. The Morgan fingerprint density at radius 3 is 1.08 bits per heavy atom. The van der Waals surface area contributed by atoms with Crippen LogP contribution in [0.4, 0.5) is 0 Å². The number of thioether (sulfide) groups is 1. The number of unbranched alkanes of at least 4 members (excludes halogenated alkanes) is 2. The molecule has 666 valence electrons. The van der Waals surface area contributed by atoms with Gasteiger partial charge >= 0.3 is 53.7 Å². The monoisotopic (exact) mass is 1710 g/mol. The van der Waals surface area contributed by atoms with Crippen LogP contribution in [-0.4, -0.2) is 471 Å². The van der Waals surface area contributed by atoms with Gasteiger partial charge in [-0.05, 0) is 44.8 Å². The molecule has 0 radical (unpaired) electrons. The van der Waals surface area contributed by atoms with Crippen molar-refractivity contribution in [2.45, 2.75) is 204 Å². The number of carboxylic acid groups (broad SMARTS) is 8. The highest BCUT2D eigenvalue weighted by molar-refractivity contribution is 7.98. The average Bonchev–Trinajstić information content (AvgIpc) is 0.797. The van der Waals surface area contributed by atoms with Crippen LogP contribution in [0.25, 0.3) is 0 Å². The Bertz CT molecular complexity index is 3070. The van der Waals surface area contributed by atoms with E-state index in [-0.39, 0.29) is 58.2 Å². The second-order valence-electron chi connectivity index (χ2n) is 26.8. The number of nitrogens with one attached hydrogen (secondary N) is 2. The summed E-state index contributed by atoms with van der Waals surface area (Å²) in [7, 11) is 2.30. The molecule has 0 bridgehead atoms. The van der Waals surface area contributed by atoms with E-state index in [0.717, 1.165) is 12.0 Å². The first-order valence-corrected chi connectivity index (χ1v) is 37.4. The summed E-state index contributed by atoms with van der Waals surface area (Å²) >= 11 is 1.31. The number of ether oxygens (including phenoxy) is 17. The van der Waals surface area contributed by atoms with Crippen molar-refractivity contribution in [3.8, 4) is 0 Å². The number of hydrogen-bond donors (Lipinski definition) is 20. The lowest BCUT2D eigenvalue weighted by atomic mass is 9.97. The van der Waals surface area contributed by atoms with Gasteiger partial charge in [-0.1, -0.05) is 0 Å². The highest BCUT2D eigenvalue weighted by Gasteiger charge is 2.54. The number of carbonyl (C=O) groups excluding carboxylic acids is 3. The van der Waals surface area contributed by atoms with Crippen LogP contribution in [-0.2, 0) is 133 Å². The third-order valence-corrected chi connectivity index (χ3v) is 18.9. The number of hydrogen-bond acceptors (Lipinski definition) is 41. The third-order valence-electron chi connectivity index (χ3n) is 18.3. The summed E-state index contributed by atoms with van der Waals surface area (Å²) in [5.74, 6) is -14.4. The van der Waals surface area contributed by atoms with Gasteiger partial charge in [0.1, 0.15) is 174 Å². The number of nitrogens with zero attached hydrogens (tertiary/aromatic N) is 2. The number of carbonyl (C=O) groups is 11. The van der Waals surface area contributed by atoms with Crippen LogP contribution in [0.1, 0.15) is 38.5 Å². The molecule has 0 aliphatic carbocycles. The smallest absolute Gasteiger partial charge is 0.332 e. The summed E-state index contributed by atoms with van der Waals surface area (Å²) in [6, 6.07) is -3.09. The maximum Gasteiger partial charge on any atom is 0.332 e. The van der Waals surface area contributed by atoms with Crippen molar-refractivity contribution in [1.82, 2.24) is 20.4 Å². The first-order chi connectivity index (χ1) is 54.9. The largest absolute Gasteiger partial charge is 0.480 e. The minimum atomic E-state index is -2.23. The van der Waals surface area contributed by atoms with Crippen molar-refractivity contribution in [1.29, 1.82) is 0 Å². The zero-order chi connectivity index (χ0) is 86.2. The average molecular weight is 1710 g/mol. The number of carboxylic acids is 8. The van der Waals surface area contributed by atoms with Crippen LogP contribution in [0.3, 0.4) is 0 Å². The molecule has 2 amide bonds. The molecule has 5 aliphatic rings. The van der Waals surface area contributed by atoms with Gasteiger partial charge in [-0.25, -0.2) is 14.4 Å². The van der Waals surface area contributed by atoms with Gasteiger partial charge in [0, 0.05) is 33.1 Å². The van der Waals surface area contributed by atoms with Gasteiger partial charge in [0.2, 0.25) is 11.8 Å². The molecule has 20 N–H and O–H groups in total. The van der Waals surface area contributed by atoms with E-state index in [1.807, 2.05) is 0 Å². The lowest BCUT2D eigenvalue weighted by Crippen LogP contribution is -2.64. The number of aliphatic carboxylic acids is 8. The van der Waals surface area contributed by atoms with Crippen LogP contribution in [0.2, 0.25) is 0 Å². The standard InChI is InChI=1S/C65H104N4O46S/c1-99-18-30-45(86)56(103-24-36(71)67-11-7-5-9-29(60(97)98)69(16-39(76)77)17-40(78)79)52(93)64(111-30)110-22-33-54(102-23-35(70)66-10-6-4-8-28(59(95)96)68(14-37(72)73)15-38(74)75)48(89)50(91)62(114-33)109-21-34-55(106-27-43(84)101-12-13-116-3)49(90)51(92)61(115-34)107-20-32-46(87)57(104-25-41(80)81)53(94)63(112-32)108-19-31-44(85)47(88)58(65(100-2)113-31)105-26-42(82)83/h28-34,44-58,61-65,85-94H,4-27H2,1-3H3,(H,66,70)(H,67,71)(H,72,73)(H,74,75)(H,76,77)(H,78,79)(H,80,81)(H,82,83)(H,95,96)(H,97,98). The second kappa shape index (κ2) is 50.5. The number of amides is 2. The SMILES string of the molecule is COCC1OC(OCC2OC(OCC3OC(OCC4OC(OCC5OC(OC)C(OCC(=O)O)C(O)C5O)C(O)C(OCC(=O)O)C4O)C(O)C(O)C3OCC(=O)OCCSC)C(O)C(O)C2OCC(=O)NCCCCC(C(=O)O)N(CC(=O)O)CC(=O)O)C(O)C(OCC(=O)NCCCCC(C(=O)O)N(CC(=O)O)CC(=O)O)C1O. The topological polar surface area (TPSA) is 739 Å². The normalized spacial score (nSPS) is 32.0. The van der Waals surface area contributed by atoms with E-state index >= 15 is 0 Å². The van der Waals surface area contributed by atoms with E-state index in [4.69, 9.17) is 85.6 Å². The first kappa shape index (κ1) is 100.0. The van der Waals surface area contributed by atoms with E-state index < -0.39 is 323 Å². The molecule has 0 spiro atoms. The van der Waals surface area contributed by atoms with Crippen LogP contribution >= 0.6 is 11.8 Å². The molecule has 5 rings (SSSR count). The molecule has 0 aromatic carbocycles. The van der Waals surface area contributed by atoms with Crippen molar-refractivity contribution >= 4 is 77.3 Å². The first-order valence-electron chi connectivity index (χ1n) is 36.0. The predicted octanol–water partition coefficient (Wildman–Crippen LogP) is -11.0. The fourth-order valence-corrected chi connectivity index (χ4v) is 12.9. The second-order valence-corrected chi connectivity index (χ2v) is 27.8. The maximum atomic E-state index is 13.4. The van der Waals surface area contributed by atoms with Crippen LogP contribution in [0, 0.1) is 0 Å². The molecule has 5 saturated heterocycles. The Morgan fingerprint density at radius 1 is 0.362 bits per heavy atom. The fourth-order valence-electron chi connectivity index (χ4n) is 12.6. The van der Waals surface area contributed by atoms with Crippen molar-refractivity contribution in [3.63, 3.8) is 0 Å². The van der Waals surface area contributed by atoms with E-state index in [9.17, 15) is 140 Å². The highest BCUT2D eigenvalue weighted by Crippen LogP contribution is 2.34. The molecule has 27 atom stereocenters. The van der Waals surface area contributed by atoms with E-state index in [2.05, 4.69) is 10.6 Å². The summed E-state index contributed by atoms with van der Waals surface area (Å²) < 4.78 is 96.2. The van der Waals surface area contributed by atoms with Gasteiger partial charge in [0.25, 0.3) is 0 Å². The lowest BCUT2D eigenvalue weighted by Gasteiger charge is -2.46. The number of esters is 1. The molecule has 5 heterocycles. The van der Waals surface area contributed by atoms with Crippen LogP contribution in [0.15, 0.2) is 0 Å². The summed E-state index contributed by atoms with van der Waals surface area (Å²) in [6.07, 6.45) is -45.9. The molecular weight excluding hydrogens is 1600 g/mol. The molecule has 116 heavy (non-hydrogen) atoms. The lowest BCUT2D eigenvalue weighted by molar-refractivity contribution is -0.354. The molecular formula is C65H104N4O46S. The van der Waals surface area contributed by atoms with E-state index in [1.54, 1.807) is 6.26 Å². The van der Waals surface area contributed by atoms with Crippen molar-refractivity contribution in [3.05, 3.63) is 0 Å². The summed E-state index contributed by atoms with van der Waals surface area (Å²) in [6.45, 7) is -13.0.